The van der Waals surface area contributed by atoms with Crippen LogP contribution >= 0.6 is 12.4 Å². The highest BCUT2D eigenvalue weighted by atomic mass is 35.5. The molecule has 3 atom stereocenters. The maximum atomic E-state index is 11.8. The Morgan fingerprint density at radius 3 is 2.68 bits per heavy atom. The van der Waals surface area contributed by atoms with Crippen LogP contribution in [0.1, 0.15) is 30.4 Å². The summed E-state index contributed by atoms with van der Waals surface area (Å²) in [6.07, 6.45) is 5.66. The van der Waals surface area contributed by atoms with Crippen molar-refractivity contribution in [3.63, 3.8) is 0 Å². The molecule has 2 heterocycles. The third kappa shape index (κ3) is 5.23. The van der Waals surface area contributed by atoms with Gasteiger partial charge in [0.05, 0.1) is 19.8 Å². The molecule has 152 valence electrons. The highest BCUT2D eigenvalue weighted by Gasteiger charge is 2.34. The molecule has 0 radical (unpaired) electrons. The summed E-state index contributed by atoms with van der Waals surface area (Å²) in [6.45, 7) is 4.16. The van der Waals surface area contributed by atoms with Crippen LogP contribution in [0.15, 0.2) is 53.5 Å². The Bertz CT molecular complexity index is 787. The van der Waals surface area contributed by atoms with E-state index in [1.165, 1.54) is 24.8 Å². The number of nitrogens with one attached hydrogen (secondary N) is 2. The van der Waals surface area contributed by atoms with Gasteiger partial charge in [0.2, 0.25) is 0 Å². The van der Waals surface area contributed by atoms with Gasteiger partial charge < -0.3 is 19.9 Å². The van der Waals surface area contributed by atoms with Crippen LogP contribution in [0, 0.1) is 5.92 Å². The molecule has 3 unspecified atom stereocenters. The Kier molecular flexibility index (Phi) is 7.68. The molecule has 0 bridgehead atoms. The number of morpholine rings is 1. The van der Waals surface area contributed by atoms with E-state index < -0.39 is 0 Å². The smallest absolute Gasteiger partial charge is 0.250 e. The second kappa shape index (κ2) is 10.2. The number of pyridine rings is 1. The quantitative estimate of drug-likeness (QED) is 0.778. The number of hydrogen-bond acceptors (Lipinski definition) is 4. The highest BCUT2D eigenvalue weighted by molar-refractivity contribution is 5.85. The predicted octanol–water partition coefficient (Wildman–Crippen LogP) is 2.57. The van der Waals surface area contributed by atoms with Gasteiger partial charge in [-0.25, -0.2) is 0 Å². The molecule has 1 aromatic heterocycles. The van der Waals surface area contributed by atoms with Gasteiger partial charge in [0.25, 0.3) is 5.56 Å². The van der Waals surface area contributed by atoms with E-state index >= 15 is 0 Å². The van der Waals surface area contributed by atoms with Gasteiger partial charge in [-0.05, 0) is 36.0 Å². The molecule has 2 aliphatic rings. The molecule has 2 fully saturated rings. The molecule has 2 N–H and O–H groups in total. The van der Waals surface area contributed by atoms with Gasteiger partial charge in [-0.1, -0.05) is 36.8 Å². The number of benzene rings is 1. The molecule has 1 aliphatic heterocycles. The topological polar surface area (TPSA) is 55.3 Å². The van der Waals surface area contributed by atoms with Gasteiger partial charge in [-0.2, -0.15) is 0 Å². The van der Waals surface area contributed by atoms with Gasteiger partial charge in [0.15, 0.2) is 0 Å². The molecule has 1 aliphatic carbocycles. The summed E-state index contributed by atoms with van der Waals surface area (Å²) in [7, 11) is 0. The van der Waals surface area contributed by atoms with Crippen LogP contribution in [-0.2, 0) is 17.8 Å². The van der Waals surface area contributed by atoms with E-state index in [0.29, 0.717) is 24.5 Å². The number of rotatable bonds is 6. The van der Waals surface area contributed by atoms with Crippen molar-refractivity contribution in [2.24, 2.45) is 5.92 Å². The lowest BCUT2D eigenvalue weighted by Crippen LogP contribution is -2.50. The zero-order valence-corrected chi connectivity index (χ0v) is 17.0. The number of aromatic nitrogens is 1. The number of ether oxygens (including phenoxy) is 1. The fourth-order valence-corrected chi connectivity index (χ4v) is 4.38. The van der Waals surface area contributed by atoms with E-state index in [1.807, 2.05) is 12.3 Å². The Hall–Kier alpha value is -1.66. The minimum atomic E-state index is 0. The van der Waals surface area contributed by atoms with Crippen LogP contribution in [0.2, 0.25) is 0 Å². The zero-order valence-electron chi connectivity index (χ0n) is 16.2. The van der Waals surface area contributed by atoms with Crippen molar-refractivity contribution < 1.29 is 4.74 Å². The Balaban J connectivity index is 0.00000225. The Morgan fingerprint density at radius 1 is 1.11 bits per heavy atom. The third-order valence-electron chi connectivity index (χ3n) is 5.88. The van der Waals surface area contributed by atoms with E-state index in [9.17, 15) is 4.79 Å². The maximum absolute atomic E-state index is 11.8. The standard InChI is InChI=1S/C22H29N3O2.ClH/c26-22-6-1-2-12-25(22)15-18-9-7-17(8-10-18)14-24-20-5-3-4-19(20)21-16-27-13-11-23-21;/h1-2,6-10,12,19-21,23-24H,3-5,11,13-16H2;1H. The van der Waals surface area contributed by atoms with Gasteiger partial charge >= 0.3 is 0 Å². The van der Waals surface area contributed by atoms with Crippen molar-refractivity contribution in [1.29, 1.82) is 0 Å². The van der Waals surface area contributed by atoms with E-state index in [4.69, 9.17) is 4.74 Å². The van der Waals surface area contributed by atoms with Crippen molar-refractivity contribution >= 4 is 12.4 Å². The maximum Gasteiger partial charge on any atom is 0.250 e. The Labute approximate surface area is 172 Å². The van der Waals surface area contributed by atoms with Crippen LogP contribution in [0.4, 0.5) is 0 Å². The van der Waals surface area contributed by atoms with Crippen LogP contribution < -0.4 is 16.2 Å². The minimum absolute atomic E-state index is 0. The summed E-state index contributed by atoms with van der Waals surface area (Å²) in [5.41, 5.74) is 2.47. The molecule has 0 spiro atoms. The van der Waals surface area contributed by atoms with E-state index in [-0.39, 0.29) is 18.0 Å². The summed E-state index contributed by atoms with van der Waals surface area (Å²) in [5.74, 6) is 0.662. The SMILES string of the molecule is Cl.O=c1ccccn1Cc1ccc(CNC2CCCC2C2COCCN2)cc1. The fraction of sp³-hybridized carbons (Fsp3) is 0.500. The molecule has 2 aromatic rings. The summed E-state index contributed by atoms with van der Waals surface area (Å²) in [6, 6.07) is 14.9. The van der Waals surface area contributed by atoms with E-state index in [2.05, 4.69) is 34.9 Å². The molecule has 4 rings (SSSR count). The number of hydrogen-bond donors (Lipinski definition) is 2. The van der Waals surface area contributed by atoms with Crippen molar-refractivity contribution in [3.05, 3.63) is 70.1 Å². The average Bonchev–Trinajstić information content (AvgIpc) is 3.18. The predicted molar refractivity (Wildman–Crippen MR) is 114 cm³/mol. The van der Waals surface area contributed by atoms with Gasteiger partial charge in [0, 0.05) is 37.4 Å². The van der Waals surface area contributed by atoms with Crippen LogP contribution in [0.5, 0.6) is 0 Å². The lowest BCUT2D eigenvalue weighted by Gasteiger charge is -2.33. The molecule has 28 heavy (non-hydrogen) atoms. The molecular formula is C22H30ClN3O2. The first-order valence-corrected chi connectivity index (χ1v) is 10.1. The molecule has 0 amide bonds. The molecule has 5 nitrogen and oxygen atoms in total. The average molecular weight is 404 g/mol. The Morgan fingerprint density at radius 2 is 1.93 bits per heavy atom. The summed E-state index contributed by atoms with van der Waals surface area (Å²) in [5, 5.41) is 7.40. The number of nitrogens with zero attached hydrogens (tertiary/aromatic N) is 1. The molecule has 6 heteroatoms. The molecule has 1 aromatic carbocycles. The van der Waals surface area contributed by atoms with Gasteiger partial charge in [-0.3, -0.25) is 4.79 Å². The molecular weight excluding hydrogens is 374 g/mol. The first-order valence-electron chi connectivity index (χ1n) is 10.1. The largest absolute Gasteiger partial charge is 0.379 e. The van der Waals surface area contributed by atoms with Gasteiger partial charge in [-0.15, -0.1) is 12.4 Å². The molecule has 1 saturated heterocycles. The van der Waals surface area contributed by atoms with Gasteiger partial charge in [0.1, 0.15) is 0 Å². The summed E-state index contributed by atoms with van der Waals surface area (Å²) < 4.78 is 7.39. The highest BCUT2D eigenvalue weighted by Crippen LogP contribution is 2.29. The van der Waals surface area contributed by atoms with Crippen molar-refractivity contribution in [1.82, 2.24) is 15.2 Å². The lowest BCUT2D eigenvalue weighted by molar-refractivity contribution is 0.0524. The van der Waals surface area contributed by atoms with Crippen LogP contribution in [-0.4, -0.2) is 36.4 Å². The van der Waals surface area contributed by atoms with Crippen LogP contribution in [0.25, 0.3) is 0 Å². The minimum Gasteiger partial charge on any atom is -0.379 e. The summed E-state index contributed by atoms with van der Waals surface area (Å²) in [4.78, 5) is 11.8. The van der Waals surface area contributed by atoms with E-state index in [1.54, 1.807) is 16.7 Å². The first kappa shape index (κ1) is 21.1. The normalized spacial score (nSPS) is 24.6. The zero-order chi connectivity index (χ0) is 18.5. The monoisotopic (exact) mass is 403 g/mol. The lowest BCUT2D eigenvalue weighted by atomic mass is 9.94. The second-order valence-corrected chi connectivity index (χ2v) is 7.70. The summed E-state index contributed by atoms with van der Waals surface area (Å²) >= 11 is 0. The van der Waals surface area contributed by atoms with Crippen LogP contribution in [0.3, 0.4) is 0 Å². The van der Waals surface area contributed by atoms with E-state index in [0.717, 1.165) is 31.9 Å². The fourth-order valence-electron chi connectivity index (χ4n) is 4.38. The molecule has 1 saturated carbocycles. The van der Waals surface area contributed by atoms with Crippen molar-refractivity contribution in [3.8, 4) is 0 Å². The van der Waals surface area contributed by atoms with Crippen molar-refractivity contribution in [2.45, 2.75) is 44.4 Å². The first-order chi connectivity index (χ1) is 13.3. The van der Waals surface area contributed by atoms with Crippen molar-refractivity contribution in [2.75, 3.05) is 19.8 Å². The number of halogens is 1. The second-order valence-electron chi connectivity index (χ2n) is 7.70. The third-order valence-corrected chi connectivity index (χ3v) is 5.88.